The Bertz CT molecular complexity index is 1880. The fraction of sp³-hybridized carbons (Fsp3) is 0.194. The van der Waals surface area contributed by atoms with Gasteiger partial charge in [-0.1, -0.05) is 70.4 Å². The fourth-order valence-electron chi connectivity index (χ4n) is 4.60. The van der Waals surface area contributed by atoms with Crippen molar-refractivity contribution < 1.29 is 19.0 Å². The van der Waals surface area contributed by atoms with Gasteiger partial charge < -0.3 is 14.2 Å². The smallest absolute Gasteiger partial charge is 0.338 e. The van der Waals surface area contributed by atoms with Gasteiger partial charge in [-0.3, -0.25) is 9.36 Å². The molecule has 11 heteroatoms. The number of aromatic nitrogens is 1. The van der Waals surface area contributed by atoms with E-state index in [4.69, 9.17) is 49.0 Å². The summed E-state index contributed by atoms with van der Waals surface area (Å²) < 4.78 is 18.9. The van der Waals surface area contributed by atoms with Gasteiger partial charge in [0.25, 0.3) is 5.56 Å². The first-order chi connectivity index (χ1) is 20.2. The Hall–Kier alpha value is -3.56. The van der Waals surface area contributed by atoms with E-state index in [0.29, 0.717) is 59.3 Å². The van der Waals surface area contributed by atoms with Crippen molar-refractivity contribution in [1.82, 2.24) is 4.57 Å². The second-order valence-electron chi connectivity index (χ2n) is 9.29. The lowest BCUT2D eigenvalue weighted by molar-refractivity contribution is -0.136. The molecule has 1 aromatic heterocycles. The zero-order valence-corrected chi connectivity index (χ0v) is 25.9. The lowest BCUT2D eigenvalue weighted by Gasteiger charge is -2.24. The number of esters is 1. The molecule has 0 unspecified atom stereocenters. The SMILES string of the molecule is CCOc1cc(/C=c2\sc3n(c2=O)[C@H](c2ccc(Cl)cc2)C(C(=O)OC)=C(C)N=3)ccc1OCc1ccc(Cl)cc1Cl. The number of carbonyl (C=O) groups is 1. The molecule has 216 valence electrons. The van der Waals surface area contributed by atoms with Gasteiger partial charge in [-0.05, 0) is 67.4 Å². The Morgan fingerprint density at radius 1 is 1.00 bits per heavy atom. The molecule has 0 spiro atoms. The molecule has 4 aromatic rings. The van der Waals surface area contributed by atoms with Crippen LogP contribution in [0.3, 0.4) is 0 Å². The van der Waals surface area contributed by atoms with Crippen LogP contribution < -0.4 is 24.4 Å². The van der Waals surface area contributed by atoms with Crippen molar-refractivity contribution in [3.8, 4) is 11.5 Å². The maximum Gasteiger partial charge on any atom is 0.338 e. The average molecular weight is 644 g/mol. The van der Waals surface area contributed by atoms with Crippen LogP contribution in [0.15, 0.2) is 81.7 Å². The van der Waals surface area contributed by atoms with Crippen LogP contribution in [0.5, 0.6) is 11.5 Å². The molecule has 1 aliphatic rings. The van der Waals surface area contributed by atoms with E-state index in [0.717, 1.165) is 11.1 Å². The fourth-order valence-corrected chi connectivity index (χ4v) is 6.24. The zero-order chi connectivity index (χ0) is 30.0. The van der Waals surface area contributed by atoms with Crippen LogP contribution in [0.2, 0.25) is 15.1 Å². The summed E-state index contributed by atoms with van der Waals surface area (Å²) in [7, 11) is 1.31. The predicted octanol–water partition coefficient (Wildman–Crippen LogP) is 6.35. The Morgan fingerprint density at radius 3 is 2.43 bits per heavy atom. The number of hydrogen-bond acceptors (Lipinski definition) is 7. The highest BCUT2D eigenvalue weighted by molar-refractivity contribution is 7.07. The summed E-state index contributed by atoms with van der Waals surface area (Å²) >= 11 is 19.7. The van der Waals surface area contributed by atoms with Crippen LogP contribution in [-0.2, 0) is 16.1 Å². The third-order valence-corrected chi connectivity index (χ3v) is 8.40. The Morgan fingerprint density at radius 2 is 1.74 bits per heavy atom. The molecule has 0 aliphatic carbocycles. The summed E-state index contributed by atoms with van der Waals surface area (Å²) in [5, 5.41) is 1.60. The van der Waals surface area contributed by atoms with Crippen molar-refractivity contribution in [3.05, 3.63) is 123 Å². The van der Waals surface area contributed by atoms with Gasteiger partial charge in [0, 0.05) is 20.6 Å². The molecule has 0 amide bonds. The lowest BCUT2D eigenvalue weighted by atomic mass is 9.96. The molecule has 1 aliphatic heterocycles. The van der Waals surface area contributed by atoms with Gasteiger partial charge in [0.2, 0.25) is 0 Å². The number of carbonyl (C=O) groups excluding carboxylic acids is 1. The summed E-state index contributed by atoms with van der Waals surface area (Å²) in [6.07, 6.45) is 1.77. The predicted molar refractivity (Wildman–Crippen MR) is 166 cm³/mol. The van der Waals surface area contributed by atoms with E-state index in [1.54, 1.807) is 55.5 Å². The molecule has 0 saturated carbocycles. The third kappa shape index (κ3) is 6.13. The summed E-state index contributed by atoms with van der Waals surface area (Å²) in [5.74, 6) is 0.497. The van der Waals surface area contributed by atoms with Gasteiger partial charge in [0.15, 0.2) is 16.3 Å². The van der Waals surface area contributed by atoms with E-state index < -0.39 is 12.0 Å². The zero-order valence-electron chi connectivity index (χ0n) is 22.8. The molecular formula is C31H25Cl3N2O5S. The normalized spacial score (nSPS) is 14.8. The second-order valence-corrected chi connectivity index (χ2v) is 11.6. The number of halogens is 3. The number of allylic oxidation sites excluding steroid dienone is 1. The van der Waals surface area contributed by atoms with Crippen molar-refractivity contribution in [2.24, 2.45) is 4.99 Å². The van der Waals surface area contributed by atoms with Crippen molar-refractivity contribution in [1.29, 1.82) is 0 Å². The van der Waals surface area contributed by atoms with Crippen LogP contribution in [0.25, 0.3) is 6.08 Å². The Labute approximate surface area is 260 Å². The number of fused-ring (bicyclic) bond motifs is 1. The largest absolute Gasteiger partial charge is 0.490 e. The van der Waals surface area contributed by atoms with Gasteiger partial charge >= 0.3 is 5.97 Å². The molecule has 0 fully saturated rings. The minimum Gasteiger partial charge on any atom is -0.490 e. The van der Waals surface area contributed by atoms with E-state index in [2.05, 4.69) is 4.99 Å². The van der Waals surface area contributed by atoms with Gasteiger partial charge in [-0.2, -0.15) is 0 Å². The molecule has 0 N–H and O–H groups in total. The van der Waals surface area contributed by atoms with E-state index >= 15 is 0 Å². The molecule has 42 heavy (non-hydrogen) atoms. The van der Waals surface area contributed by atoms with Gasteiger partial charge in [-0.25, -0.2) is 9.79 Å². The van der Waals surface area contributed by atoms with E-state index in [9.17, 15) is 9.59 Å². The van der Waals surface area contributed by atoms with E-state index in [1.807, 2.05) is 25.1 Å². The summed E-state index contributed by atoms with van der Waals surface area (Å²) in [6, 6.07) is 16.9. The number of benzene rings is 3. The molecule has 0 radical (unpaired) electrons. The summed E-state index contributed by atoms with van der Waals surface area (Å²) in [5.41, 5.74) is 2.71. The highest BCUT2D eigenvalue weighted by Crippen LogP contribution is 2.32. The summed E-state index contributed by atoms with van der Waals surface area (Å²) in [4.78, 5) is 31.7. The second kappa shape index (κ2) is 12.8. The molecular weight excluding hydrogens is 619 g/mol. The van der Waals surface area contributed by atoms with Crippen molar-refractivity contribution in [2.45, 2.75) is 26.5 Å². The lowest BCUT2D eigenvalue weighted by Crippen LogP contribution is -2.39. The number of methoxy groups -OCH3 is 1. The maximum absolute atomic E-state index is 13.8. The van der Waals surface area contributed by atoms with E-state index in [-0.39, 0.29) is 12.2 Å². The molecule has 3 aromatic carbocycles. The Balaban J connectivity index is 1.54. The highest BCUT2D eigenvalue weighted by atomic mass is 35.5. The standard InChI is InChI=1S/C31H25Cl3N2O5S/c1-4-40-25-13-18(5-12-24(25)41-16-20-8-11-22(33)15-23(20)34)14-26-29(37)36-28(19-6-9-21(32)10-7-19)27(30(38)39-3)17(2)35-31(36)42-26/h5-15,28H,4,16H2,1-3H3/b26-14-/t28-/m1/s1. The van der Waals surface area contributed by atoms with Gasteiger partial charge in [0.1, 0.15) is 6.61 Å². The minimum absolute atomic E-state index is 0.223. The number of thiazole rings is 1. The molecule has 7 nitrogen and oxygen atoms in total. The molecule has 1 atom stereocenters. The molecule has 0 bridgehead atoms. The molecule has 0 saturated heterocycles. The van der Waals surface area contributed by atoms with Crippen LogP contribution in [0, 0.1) is 0 Å². The summed E-state index contributed by atoms with van der Waals surface area (Å²) in [6.45, 7) is 4.25. The topological polar surface area (TPSA) is 79.1 Å². The highest BCUT2D eigenvalue weighted by Gasteiger charge is 2.33. The van der Waals surface area contributed by atoms with Crippen molar-refractivity contribution in [2.75, 3.05) is 13.7 Å². The van der Waals surface area contributed by atoms with Crippen LogP contribution >= 0.6 is 46.1 Å². The van der Waals surface area contributed by atoms with Crippen LogP contribution in [0.1, 0.15) is 36.6 Å². The first-order valence-electron chi connectivity index (χ1n) is 12.9. The van der Waals surface area contributed by atoms with Crippen LogP contribution in [0.4, 0.5) is 0 Å². The monoisotopic (exact) mass is 642 g/mol. The number of nitrogens with zero attached hydrogens (tertiary/aromatic N) is 2. The van der Waals surface area contributed by atoms with Gasteiger partial charge in [-0.15, -0.1) is 0 Å². The minimum atomic E-state index is -0.720. The molecule has 2 heterocycles. The van der Waals surface area contributed by atoms with Gasteiger partial charge in [0.05, 0.1) is 35.6 Å². The van der Waals surface area contributed by atoms with E-state index in [1.165, 1.54) is 23.0 Å². The van der Waals surface area contributed by atoms with Crippen LogP contribution in [-0.4, -0.2) is 24.3 Å². The first kappa shape index (κ1) is 29.9. The molecule has 5 rings (SSSR count). The first-order valence-corrected chi connectivity index (χ1v) is 14.8. The number of rotatable bonds is 8. The quantitative estimate of drug-likeness (QED) is 0.209. The number of hydrogen-bond donors (Lipinski definition) is 0. The average Bonchev–Trinajstić information content (AvgIpc) is 3.26. The third-order valence-electron chi connectivity index (χ3n) is 6.58. The maximum atomic E-state index is 13.8. The number of ether oxygens (including phenoxy) is 3. The van der Waals surface area contributed by atoms with Crippen molar-refractivity contribution >= 4 is 58.2 Å². The Kier molecular flexibility index (Phi) is 9.08. The van der Waals surface area contributed by atoms with Crippen molar-refractivity contribution in [3.63, 3.8) is 0 Å².